The quantitative estimate of drug-likeness (QED) is 0.420. The SMILES string of the molecule is C[C@H](O[C@H]1CN(C(=O)OC(C)(C)C)[C@@H](CO)[C@@H]1c1ccc(F)cc1)c1cc(C(F)(F)F)cc(C(F)(F)F)c1. The maximum atomic E-state index is 13.6. The summed E-state index contributed by atoms with van der Waals surface area (Å²) < 4.78 is 105. The van der Waals surface area contributed by atoms with Gasteiger partial charge in [-0.05, 0) is 69.2 Å². The number of ether oxygens (including phenoxy) is 2. The third-order valence-electron chi connectivity index (χ3n) is 6.12. The number of halogens is 7. The predicted octanol–water partition coefficient (Wildman–Crippen LogP) is 6.70. The largest absolute Gasteiger partial charge is 0.444 e. The van der Waals surface area contributed by atoms with E-state index < -0.39 is 71.8 Å². The van der Waals surface area contributed by atoms with Crippen molar-refractivity contribution in [2.45, 2.75) is 69.8 Å². The molecule has 2 aromatic carbocycles. The lowest BCUT2D eigenvalue weighted by Gasteiger charge is -2.29. The molecule has 1 aliphatic rings. The van der Waals surface area contributed by atoms with Gasteiger partial charge in [-0.15, -0.1) is 0 Å². The third kappa shape index (κ3) is 6.96. The van der Waals surface area contributed by atoms with Crippen LogP contribution in [0.1, 0.15) is 62.0 Å². The number of rotatable bonds is 5. The second-order valence-corrected chi connectivity index (χ2v) is 10.1. The summed E-state index contributed by atoms with van der Waals surface area (Å²) in [5, 5.41) is 10.2. The Kier molecular flexibility index (Phi) is 8.38. The van der Waals surface area contributed by atoms with Crippen molar-refractivity contribution in [3.05, 3.63) is 70.5 Å². The molecule has 0 aliphatic carbocycles. The molecule has 210 valence electrons. The van der Waals surface area contributed by atoms with Gasteiger partial charge < -0.3 is 14.6 Å². The van der Waals surface area contributed by atoms with Gasteiger partial charge in [0, 0.05) is 5.92 Å². The number of hydrogen-bond donors (Lipinski definition) is 1. The van der Waals surface area contributed by atoms with Crippen molar-refractivity contribution in [1.29, 1.82) is 0 Å². The van der Waals surface area contributed by atoms with Crippen molar-refractivity contribution < 1.29 is 50.1 Å². The first-order valence-corrected chi connectivity index (χ1v) is 11.7. The van der Waals surface area contributed by atoms with Gasteiger partial charge in [-0.25, -0.2) is 9.18 Å². The minimum absolute atomic E-state index is 0.0269. The van der Waals surface area contributed by atoms with Crippen LogP contribution in [0, 0.1) is 5.82 Å². The van der Waals surface area contributed by atoms with Crippen molar-refractivity contribution in [2.75, 3.05) is 13.2 Å². The molecule has 1 N–H and O–H groups in total. The molecule has 0 unspecified atom stereocenters. The summed E-state index contributed by atoms with van der Waals surface area (Å²) in [5.41, 5.74) is -3.78. The van der Waals surface area contributed by atoms with E-state index in [1.54, 1.807) is 20.8 Å². The van der Waals surface area contributed by atoms with Crippen LogP contribution in [0.2, 0.25) is 0 Å². The van der Waals surface area contributed by atoms with Crippen LogP contribution in [0.5, 0.6) is 0 Å². The number of aliphatic hydroxyl groups excluding tert-OH is 1. The number of likely N-dealkylation sites (tertiary alicyclic amines) is 1. The number of nitrogens with zero attached hydrogens (tertiary/aromatic N) is 1. The van der Waals surface area contributed by atoms with Gasteiger partial charge in [0.05, 0.1) is 42.5 Å². The minimum atomic E-state index is -5.03. The average molecular weight is 551 g/mol. The third-order valence-corrected chi connectivity index (χ3v) is 6.12. The zero-order chi connectivity index (χ0) is 28.6. The van der Waals surface area contributed by atoms with E-state index >= 15 is 0 Å². The summed E-state index contributed by atoms with van der Waals surface area (Å²) >= 11 is 0. The van der Waals surface area contributed by atoms with E-state index in [0.717, 1.165) is 12.1 Å². The first-order valence-electron chi connectivity index (χ1n) is 11.7. The smallest absolute Gasteiger partial charge is 0.416 e. The number of alkyl halides is 6. The van der Waals surface area contributed by atoms with Gasteiger partial charge in [0.15, 0.2) is 0 Å². The lowest BCUT2D eigenvalue weighted by atomic mass is 9.90. The van der Waals surface area contributed by atoms with E-state index in [0.29, 0.717) is 17.7 Å². The lowest BCUT2D eigenvalue weighted by molar-refractivity contribution is -0.143. The number of hydrogen-bond acceptors (Lipinski definition) is 4. The molecule has 4 atom stereocenters. The number of carbonyl (C=O) groups excluding carboxylic acids is 1. The highest BCUT2D eigenvalue weighted by atomic mass is 19.4. The molecule has 3 rings (SSSR count). The fourth-order valence-electron chi connectivity index (χ4n) is 4.43. The summed E-state index contributed by atoms with van der Waals surface area (Å²) in [4.78, 5) is 14.1. The standard InChI is InChI=1S/C26H28F7NO4/c1-14(16-9-17(25(28,29)30)11-18(10-16)26(31,32)33)37-21-12-34(23(36)38-24(2,3)4)20(13-35)22(21)15-5-7-19(27)8-6-15/h5-11,14,20-22,35H,12-13H2,1-4H3/t14-,20-,21-,22-/m0/s1. The first kappa shape index (κ1) is 29.7. The van der Waals surface area contributed by atoms with Gasteiger partial charge in [0.25, 0.3) is 0 Å². The Morgan fingerprint density at radius 1 is 1.00 bits per heavy atom. The lowest BCUT2D eigenvalue weighted by Crippen LogP contribution is -2.42. The van der Waals surface area contributed by atoms with Crippen LogP contribution >= 0.6 is 0 Å². The molecule has 0 bridgehead atoms. The molecule has 2 aromatic rings. The Bertz CT molecular complexity index is 1090. The minimum Gasteiger partial charge on any atom is -0.444 e. The monoisotopic (exact) mass is 551 g/mol. The summed E-state index contributed by atoms with van der Waals surface area (Å²) in [6.07, 6.45) is -13.1. The molecule has 1 amide bonds. The van der Waals surface area contributed by atoms with Crippen LogP contribution in [0.15, 0.2) is 42.5 Å². The Hall–Kier alpha value is -2.86. The number of amides is 1. The van der Waals surface area contributed by atoms with Crippen molar-refractivity contribution in [3.8, 4) is 0 Å². The maximum Gasteiger partial charge on any atom is 0.416 e. The fourth-order valence-corrected chi connectivity index (χ4v) is 4.43. The Labute approximate surface area is 215 Å². The summed E-state index contributed by atoms with van der Waals surface area (Å²) in [5.74, 6) is -1.34. The van der Waals surface area contributed by atoms with Gasteiger partial charge in [-0.3, -0.25) is 4.90 Å². The van der Waals surface area contributed by atoms with Crippen molar-refractivity contribution in [2.24, 2.45) is 0 Å². The molecule has 1 fully saturated rings. The van der Waals surface area contributed by atoms with Gasteiger partial charge in [-0.1, -0.05) is 12.1 Å². The molecular weight excluding hydrogens is 523 g/mol. The Morgan fingerprint density at radius 3 is 1.97 bits per heavy atom. The van der Waals surface area contributed by atoms with Gasteiger partial charge >= 0.3 is 18.4 Å². The zero-order valence-electron chi connectivity index (χ0n) is 21.0. The van der Waals surface area contributed by atoms with E-state index in [1.807, 2.05) is 0 Å². The van der Waals surface area contributed by atoms with Crippen molar-refractivity contribution in [3.63, 3.8) is 0 Å². The number of aliphatic hydroxyl groups is 1. The van der Waals surface area contributed by atoms with Gasteiger partial charge in [-0.2, -0.15) is 26.3 Å². The molecular formula is C26H28F7NO4. The topological polar surface area (TPSA) is 59.0 Å². The molecule has 0 radical (unpaired) electrons. The Morgan fingerprint density at radius 2 is 1.53 bits per heavy atom. The van der Waals surface area contributed by atoms with Crippen LogP contribution in [0.3, 0.4) is 0 Å². The van der Waals surface area contributed by atoms with Crippen molar-refractivity contribution >= 4 is 6.09 Å². The molecule has 1 aliphatic heterocycles. The molecule has 0 saturated carbocycles. The second-order valence-electron chi connectivity index (χ2n) is 10.1. The predicted molar refractivity (Wildman–Crippen MR) is 123 cm³/mol. The van der Waals surface area contributed by atoms with Gasteiger partial charge in [0.2, 0.25) is 0 Å². The van der Waals surface area contributed by atoms with Gasteiger partial charge in [0.1, 0.15) is 11.4 Å². The molecule has 38 heavy (non-hydrogen) atoms. The number of carbonyl (C=O) groups is 1. The first-order chi connectivity index (χ1) is 17.4. The fraction of sp³-hybridized carbons (Fsp3) is 0.500. The highest BCUT2D eigenvalue weighted by molar-refractivity contribution is 5.69. The second kappa shape index (κ2) is 10.7. The number of benzene rings is 2. The van der Waals surface area contributed by atoms with E-state index in [-0.39, 0.29) is 18.2 Å². The van der Waals surface area contributed by atoms with E-state index in [4.69, 9.17) is 9.47 Å². The molecule has 0 spiro atoms. The van der Waals surface area contributed by atoms with E-state index in [2.05, 4.69) is 0 Å². The Balaban J connectivity index is 2.00. The van der Waals surface area contributed by atoms with Crippen LogP contribution in [-0.2, 0) is 21.8 Å². The highest BCUT2D eigenvalue weighted by Crippen LogP contribution is 2.41. The molecule has 12 heteroatoms. The van der Waals surface area contributed by atoms with Crippen LogP contribution in [0.25, 0.3) is 0 Å². The summed E-state index contributed by atoms with van der Waals surface area (Å²) in [7, 11) is 0. The molecule has 5 nitrogen and oxygen atoms in total. The van der Waals surface area contributed by atoms with Crippen LogP contribution in [0.4, 0.5) is 35.5 Å². The molecule has 1 saturated heterocycles. The van der Waals surface area contributed by atoms with Crippen LogP contribution in [-0.4, -0.2) is 47.0 Å². The zero-order valence-corrected chi connectivity index (χ0v) is 21.0. The van der Waals surface area contributed by atoms with Crippen molar-refractivity contribution in [1.82, 2.24) is 4.90 Å². The van der Waals surface area contributed by atoms with E-state index in [9.17, 15) is 40.6 Å². The summed E-state index contributed by atoms with van der Waals surface area (Å²) in [6, 6.07) is 5.40. The normalized spacial score (nSPS) is 21.5. The maximum absolute atomic E-state index is 13.6. The molecule has 1 heterocycles. The average Bonchev–Trinajstić information content (AvgIpc) is 3.15. The van der Waals surface area contributed by atoms with E-state index in [1.165, 1.54) is 24.0 Å². The summed E-state index contributed by atoms with van der Waals surface area (Å²) in [6.45, 7) is 5.45. The highest BCUT2D eigenvalue weighted by Gasteiger charge is 2.47. The molecule has 0 aromatic heterocycles. The van der Waals surface area contributed by atoms with Crippen LogP contribution < -0.4 is 0 Å².